The fraction of sp³-hybridized carbons (Fsp3) is 0.625. The summed E-state index contributed by atoms with van der Waals surface area (Å²) >= 11 is 0. The third-order valence-corrected chi connectivity index (χ3v) is 6.45. The molecule has 4 nitrogen and oxygen atoms in total. The molecule has 1 aliphatic carbocycles. The lowest BCUT2D eigenvalue weighted by Gasteiger charge is -2.29. The van der Waals surface area contributed by atoms with Gasteiger partial charge in [-0.05, 0) is 49.3 Å². The topological polar surface area (TPSA) is 72.2 Å². The van der Waals surface area contributed by atoms with Crippen molar-refractivity contribution in [2.45, 2.75) is 51.3 Å². The molecule has 1 aromatic rings. The molecule has 1 aliphatic rings. The summed E-state index contributed by atoms with van der Waals surface area (Å²) in [5, 5.41) is 0. The Hall–Kier alpha value is -1.07. The SMILES string of the molecule is Cc1ccc(N)c(C)c1S(=O)(=O)NCC1CCCCC1C. The molecule has 1 fully saturated rings. The Labute approximate surface area is 128 Å². The lowest BCUT2D eigenvalue weighted by molar-refractivity contribution is 0.257. The van der Waals surface area contributed by atoms with E-state index in [1.165, 1.54) is 19.3 Å². The van der Waals surface area contributed by atoms with Crippen LogP contribution in [0.5, 0.6) is 0 Å². The van der Waals surface area contributed by atoms with E-state index < -0.39 is 10.0 Å². The van der Waals surface area contributed by atoms with Gasteiger partial charge in [0.05, 0.1) is 4.90 Å². The summed E-state index contributed by atoms with van der Waals surface area (Å²) in [4.78, 5) is 0.339. The minimum Gasteiger partial charge on any atom is -0.398 e. The molecule has 1 aromatic carbocycles. The maximum absolute atomic E-state index is 12.6. The second-order valence-electron chi connectivity index (χ2n) is 6.30. The van der Waals surface area contributed by atoms with Gasteiger partial charge in [-0.15, -0.1) is 0 Å². The third-order valence-electron chi connectivity index (χ3n) is 4.74. The van der Waals surface area contributed by atoms with E-state index >= 15 is 0 Å². The first-order valence-electron chi connectivity index (χ1n) is 7.68. The van der Waals surface area contributed by atoms with Gasteiger partial charge in [0.15, 0.2) is 0 Å². The van der Waals surface area contributed by atoms with Crippen LogP contribution in [0.3, 0.4) is 0 Å². The molecule has 0 aromatic heterocycles. The van der Waals surface area contributed by atoms with Crippen LogP contribution in [0.2, 0.25) is 0 Å². The van der Waals surface area contributed by atoms with Crippen molar-refractivity contribution in [3.8, 4) is 0 Å². The molecule has 0 saturated heterocycles. The average Bonchev–Trinajstić information content (AvgIpc) is 2.42. The Morgan fingerprint density at radius 2 is 1.90 bits per heavy atom. The van der Waals surface area contributed by atoms with E-state index in [1.807, 2.05) is 6.92 Å². The second-order valence-corrected chi connectivity index (χ2v) is 8.00. The van der Waals surface area contributed by atoms with Crippen molar-refractivity contribution in [2.75, 3.05) is 12.3 Å². The molecule has 2 unspecified atom stereocenters. The van der Waals surface area contributed by atoms with Crippen LogP contribution >= 0.6 is 0 Å². The summed E-state index contributed by atoms with van der Waals surface area (Å²) in [5.74, 6) is 1.03. The van der Waals surface area contributed by atoms with Gasteiger partial charge in [0.1, 0.15) is 0 Å². The van der Waals surface area contributed by atoms with Crippen molar-refractivity contribution in [1.82, 2.24) is 4.72 Å². The van der Waals surface area contributed by atoms with E-state index in [4.69, 9.17) is 5.73 Å². The zero-order chi connectivity index (χ0) is 15.6. The molecule has 0 spiro atoms. The predicted octanol–water partition coefficient (Wildman–Crippen LogP) is 2.99. The zero-order valence-corrected chi connectivity index (χ0v) is 14.0. The first kappa shape index (κ1) is 16.3. The van der Waals surface area contributed by atoms with Crippen LogP contribution in [-0.2, 0) is 10.0 Å². The Kier molecular flexibility index (Phi) is 4.94. The summed E-state index contributed by atoms with van der Waals surface area (Å²) < 4.78 is 28.0. The van der Waals surface area contributed by atoms with Gasteiger partial charge in [-0.1, -0.05) is 32.3 Å². The van der Waals surface area contributed by atoms with Crippen LogP contribution in [0.25, 0.3) is 0 Å². The van der Waals surface area contributed by atoms with Crippen LogP contribution in [0, 0.1) is 25.7 Å². The van der Waals surface area contributed by atoms with E-state index in [1.54, 1.807) is 19.1 Å². The number of anilines is 1. The Balaban J connectivity index is 2.17. The van der Waals surface area contributed by atoms with Gasteiger partial charge in [0.25, 0.3) is 0 Å². The second kappa shape index (κ2) is 6.36. The number of nitrogens with two attached hydrogens (primary N) is 1. The number of nitrogen functional groups attached to an aromatic ring is 1. The number of aryl methyl sites for hydroxylation is 1. The number of benzene rings is 1. The fourth-order valence-corrected chi connectivity index (χ4v) is 4.83. The quantitative estimate of drug-likeness (QED) is 0.840. The van der Waals surface area contributed by atoms with Crippen molar-refractivity contribution in [3.63, 3.8) is 0 Å². The van der Waals surface area contributed by atoms with Crippen LogP contribution in [0.1, 0.15) is 43.7 Å². The van der Waals surface area contributed by atoms with Gasteiger partial charge in [0, 0.05) is 12.2 Å². The summed E-state index contributed by atoms with van der Waals surface area (Å²) in [6.45, 7) is 6.32. The summed E-state index contributed by atoms with van der Waals surface area (Å²) in [6, 6.07) is 3.52. The molecule has 0 heterocycles. The van der Waals surface area contributed by atoms with Gasteiger partial charge in [-0.25, -0.2) is 13.1 Å². The Morgan fingerprint density at radius 3 is 2.57 bits per heavy atom. The number of hydrogen-bond acceptors (Lipinski definition) is 3. The average molecular weight is 310 g/mol. The maximum atomic E-state index is 12.6. The molecular weight excluding hydrogens is 284 g/mol. The van der Waals surface area contributed by atoms with E-state index in [-0.39, 0.29) is 0 Å². The minimum absolute atomic E-state index is 0.339. The van der Waals surface area contributed by atoms with Crippen LogP contribution < -0.4 is 10.5 Å². The molecule has 0 amide bonds. The molecular formula is C16H26N2O2S. The fourth-order valence-electron chi connectivity index (χ4n) is 3.24. The van der Waals surface area contributed by atoms with Crippen molar-refractivity contribution >= 4 is 15.7 Å². The Bertz CT molecular complexity index is 611. The van der Waals surface area contributed by atoms with Crippen LogP contribution in [0.4, 0.5) is 5.69 Å². The highest BCUT2D eigenvalue weighted by atomic mass is 32.2. The van der Waals surface area contributed by atoms with Gasteiger partial charge in [-0.3, -0.25) is 0 Å². The van der Waals surface area contributed by atoms with Gasteiger partial charge in [-0.2, -0.15) is 0 Å². The lowest BCUT2D eigenvalue weighted by atomic mass is 9.81. The molecule has 0 radical (unpaired) electrons. The molecule has 5 heteroatoms. The standard InChI is InChI=1S/C16H26N2O2S/c1-11-6-4-5-7-14(11)10-18-21(19,20)16-12(2)8-9-15(17)13(16)3/h8-9,11,14,18H,4-7,10,17H2,1-3H3. The maximum Gasteiger partial charge on any atom is 0.241 e. The molecule has 21 heavy (non-hydrogen) atoms. The van der Waals surface area contributed by atoms with Crippen LogP contribution in [-0.4, -0.2) is 15.0 Å². The molecule has 2 atom stereocenters. The normalized spacial score (nSPS) is 23.2. The molecule has 118 valence electrons. The highest BCUT2D eigenvalue weighted by molar-refractivity contribution is 7.89. The number of hydrogen-bond donors (Lipinski definition) is 2. The molecule has 2 rings (SSSR count). The first-order valence-corrected chi connectivity index (χ1v) is 9.16. The molecule has 0 aliphatic heterocycles. The largest absolute Gasteiger partial charge is 0.398 e. The molecule has 0 bridgehead atoms. The van der Waals surface area contributed by atoms with Crippen LogP contribution in [0.15, 0.2) is 17.0 Å². The Morgan fingerprint density at radius 1 is 1.24 bits per heavy atom. The van der Waals surface area contributed by atoms with Gasteiger partial charge >= 0.3 is 0 Å². The highest BCUT2D eigenvalue weighted by Gasteiger charge is 2.25. The van der Waals surface area contributed by atoms with E-state index in [9.17, 15) is 8.42 Å². The van der Waals surface area contributed by atoms with Gasteiger partial charge in [0.2, 0.25) is 10.0 Å². The summed E-state index contributed by atoms with van der Waals surface area (Å²) in [6.07, 6.45) is 4.77. The lowest BCUT2D eigenvalue weighted by Crippen LogP contribution is -2.34. The monoisotopic (exact) mass is 310 g/mol. The predicted molar refractivity (Wildman–Crippen MR) is 86.6 cm³/mol. The van der Waals surface area contributed by atoms with Crippen molar-refractivity contribution in [2.24, 2.45) is 11.8 Å². The molecule has 1 saturated carbocycles. The third kappa shape index (κ3) is 3.58. The van der Waals surface area contributed by atoms with E-state index in [0.29, 0.717) is 34.5 Å². The van der Waals surface area contributed by atoms with E-state index in [2.05, 4.69) is 11.6 Å². The number of rotatable bonds is 4. The van der Waals surface area contributed by atoms with Crippen molar-refractivity contribution in [1.29, 1.82) is 0 Å². The summed E-state index contributed by atoms with van der Waals surface area (Å²) in [7, 11) is -3.50. The molecule has 3 N–H and O–H groups in total. The number of nitrogens with one attached hydrogen (secondary N) is 1. The van der Waals surface area contributed by atoms with Crippen molar-refractivity contribution < 1.29 is 8.42 Å². The summed E-state index contributed by atoms with van der Waals surface area (Å²) in [5.41, 5.74) is 7.76. The first-order chi connectivity index (χ1) is 9.83. The van der Waals surface area contributed by atoms with Crippen molar-refractivity contribution in [3.05, 3.63) is 23.3 Å². The van der Waals surface area contributed by atoms with E-state index in [0.717, 1.165) is 12.0 Å². The number of sulfonamides is 1. The smallest absolute Gasteiger partial charge is 0.241 e. The minimum atomic E-state index is -3.50. The van der Waals surface area contributed by atoms with Gasteiger partial charge < -0.3 is 5.73 Å². The highest BCUT2D eigenvalue weighted by Crippen LogP contribution is 2.30. The zero-order valence-electron chi connectivity index (χ0n) is 13.1.